The molecule has 132 valence electrons. The minimum atomic E-state index is -1.60. The third-order valence-corrected chi connectivity index (χ3v) is 4.89. The number of Topliss-reactive ketones (excluding diaryl/α,β-unsaturated/α-hetero) is 1. The van der Waals surface area contributed by atoms with E-state index in [9.17, 15) is 19.7 Å². The number of hydrogen-bond donors (Lipinski definition) is 0. The normalized spacial score (nSPS) is 22.9. The summed E-state index contributed by atoms with van der Waals surface area (Å²) < 4.78 is 5.32. The molecule has 2 atom stereocenters. The third kappa shape index (κ3) is 4.54. The highest BCUT2D eigenvalue weighted by Gasteiger charge is 2.45. The van der Waals surface area contributed by atoms with Crippen LogP contribution in [0.5, 0.6) is 0 Å². The topological polar surface area (TPSA) is 86.5 Å². The summed E-state index contributed by atoms with van der Waals surface area (Å²) in [6.45, 7) is 8.11. The van der Waals surface area contributed by atoms with Crippen molar-refractivity contribution >= 4 is 25.5 Å². The van der Waals surface area contributed by atoms with Gasteiger partial charge in [0.1, 0.15) is 8.07 Å². The Morgan fingerprint density at radius 3 is 2.44 bits per heavy atom. The lowest BCUT2D eigenvalue weighted by Gasteiger charge is -2.17. The molecule has 25 heavy (non-hydrogen) atoms. The summed E-state index contributed by atoms with van der Waals surface area (Å²) in [6.07, 6.45) is 0.180. The second-order valence-corrected chi connectivity index (χ2v) is 12.2. The van der Waals surface area contributed by atoms with Crippen LogP contribution in [0.25, 0.3) is 0 Å². The van der Waals surface area contributed by atoms with Gasteiger partial charge in [-0.3, -0.25) is 14.9 Å². The predicted octanol–water partition coefficient (Wildman–Crippen LogP) is 3.37. The van der Waals surface area contributed by atoms with E-state index in [1.807, 2.05) is 0 Å². The van der Waals surface area contributed by atoms with E-state index in [1.54, 1.807) is 6.92 Å². The van der Waals surface area contributed by atoms with Crippen molar-refractivity contribution in [3.8, 4) is 11.5 Å². The molecular formula is C18H21NO5Si. The second-order valence-electron chi connectivity index (χ2n) is 7.43. The van der Waals surface area contributed by atoms with E-state index in [0.29, 0.717) is 12.8 Å². The van der Waals surface area contributed by atoms with Crippen molar-refractivity contribution in [2.45, 2.75) is 45.5 Å². The molecular weight excluding hydrogens is 338 g/mol. The number of benzene rings is 1. The smallest absolute Gasteiger partial charge is 0.338 e. The van der Waals surface area contributed by atoms with Crippen molar-refractivity contribution < 1.29 is 19.2 Å². The first-order valence-corrected chi connectivity index (χ1v) is 11.6. The van der Waals surface area contributed by atoms with Crippen LogP contribution >= 0.6 is 0 Å². The number of nitro benzene ring substituents is 1. The molecule has 0 spiro atoms. The zero-order valence-corrected chi connectivity index (χ0v) is 15.8. The molecule has 1 aromatic carbocycles. The van der Waals surface area contributed by atoms with Crippen LogP contribution in [0.2, 0.25) is 19.6 Å². The summed E-state index contributed by atoms with van der Waals surface area (Å²) >= 11 is 0. The lowest BCUT2D eigenvalue weighted by atomic mass is 9.89. The van der Waals surface area contributed by atoms with Gasteiger partial charge in [-0.2, -0.15) is 0 Å². The number of carbonyl (C=O) groups excluding carboxylic acids is 2. The Kier molecular flexibility index (Phi) is 5.14. The van der Waals surface area contributed by atoms with E-state index in [0.717, 1.165) is 0 Å². The standard InChI is InChI=1S/C18H21NO5Si/c1-18(11-12-25(2,3)4)10-9-15(16(18)20)24-17(21)13-5-7-14(8-6-13)19(22)23/h5-8,15H,9-10H2,1-4H3/t15-,18+/m1/s1. The van der Waals surface area contributed by atoms with Crippen LogP contribution in [-0.4, -0.2) is 30.9 Å². The molecule has 0 saturated heterocycles. The minimum absolute atomic E-state index is 0.109. The number of nitrogens with zero attached hydrogens (tertiary/aromatic N) is 1. The lowest BCUT2D eigenvalue weighted by molar-refractivity contribution is -0.384. The third-order valence-electron chi connectivity index (χ3n) is 4.02. The van der Waals surface area contributed by atoms with Crippen molar-refractivity contribution in [2.24, 2.45) is 5.41 Å². The van der Waals surface area contributed by atoms with Crippen molar-refractivity contribution in [3.63, 3.8) is 0 Å². The SMILES string of the molecule is C[C@@]1(C#C[Si](C)(C)C)CC[C@@H](OC(=O)c2ccc([N+](=O)[O-])cc2)C1=O. The van der Waals surface area contributed by atoms with Gasteiger partial charge < -0.3 is 4.74 Å². The Balaban J connectivity index is 2.08. The summed E-state index contributed by atoms with van der Waals surface area (Å²) in [4.78, 5) is 34.9. The molecule has 0 bridgehead atoms. The van der Waals surface area contributed by atoms with Crippen LogP contribution in [0.15, 0.2) is 24.3 Å². The zero-order chi connectivity index (χ0) is 18.8. The minimum Gasteiger partial charge on any atom is -0.451 e. The first kappa shape index (κ1) is 18.9. The van der Waals surface area contributed by atoms with Gasteiger partial charge in [0.2, 0.25) is 0 Å². The zero-order valence-electron chi connectivity index (χ0n) is 14.8. The molecule has 1 aromatic rings. The van der Waals surface area contributed by atoms with Crippen LogP contribution in [0.4, 0.5) is 5.69 Å². The Morgan fingerprint density at radius 1 is 1.32 bits per heavy atom. The van der Waals surface area contributed by atoms with Gasteiger partial charge in [0.15, 0.2) is 11.9 Å². The molecule has 6 nitrogen and oxygen atoms in total. The molecule has 0 N–H and O–H groups in total. The van der Waals surface area contributed by atoms with Crippen molar-refractivity contribution in [3.05, 3.63) is 39.9 Å². The fourth-order valence-corrected chi connectivity index (χ4v) is 3.16. The van der Waals surface area contributed by atoms with E-state index in [4.69, 9.17) is 4.74 Å². The molecule has 7 heteroatoms. The first-order chi connectivity index (χ1) is 11.5. The molecule has 0 radical (unpaired) electrons. The quantitative estimate of drug-likeness (QED) is 0.271. The fraction of sp³-hybridized carbons (Fsp3) is 0.444. The van der Waals surface area contributed by atoms with Crippen LogP contribution in [0.1, 0.15) is 30.1 Å². The Morgan fingerprint density at radius 2 is 1.92 bits per heavy atom. The summed E-state index contributed by atoms with van der Waals surface area (Å²) in [5, 5.41) is 10.6. The number of rotatable bonds is 3. The molecule has 0 heterocycles. The van der Waals surface area contributed by atoms with Gasteiger partial charge in [-0.1, -0.05) is 25.6 Å². The van der Waals surface area contributed by atoms with Crippen LogP contribution < -0.4 is 0 Å². The molecule has 0 amide bonds. The van der Waals surface area contributed by atoms with E-state index in [1.165, 1.54) is 24.3 Å². The summed E-state index contributed by atoms with van der Waals surface area (Å²) in [6, 6.07) is 5.11. The van der Waals surface area contributed by atoms with E-state index >= 15 is 0 Å². The van der Waals surface area contributed by atoms with Crippen LogP contribution in [0.3, 0.4) is 0 Å². The monoisotopic (exact) mass is 359 g/mol. The van der Waals surface area contributed by atoms with Crippen molar-refractivity contribution in [1.82, 2.24) is 0 Å². The van der Waals surface area contributed by atoms with Gasteiger partial charge >= 0.3 is 5.97 Å². The number of ketones is 1. The van der Waals surface area contributed by atoms with Crippen molar-refractivity contribution in [1.29, 1.82) is 0 Å². The largest absolute Gasteiger partial charge is 0.451 e. The molecule has 1 fully saturated rings. The van der Waals surface area contributed by atoms with Crippen molar-refractivity contribution in [2.75, 3.05) is 0 Å². The Hall–Kier alpha value is -2.46. The first-order valence-electron chi connectivity index (χ1n) is 8.06. The fourth-order valence-electron chi connectivity index (χ4n) is 2.51. The Bertz CT molecular complexity index is 769. The number of nitro groups is 1. The number of carbonyl (C=O) groups is 2. The molecule has 0 aromatic heterocycles. The number of esters is 1. The number of non-ortho nitro benzene ring substituents is 1. The molecule has 2 rings (SSSR count). The average Bonchev–Trinajstić information content (AvgIpc) is 2.81. The van der Waals surface area contributed by atoms with Gasteiger partial charge in [0.25, 0.3) is 5.69 Å². The maximum absolute atomic E-state index is 12.6. The van der Waals surface area contributed by atoms with E-state index < -0.39 is 30.5 Å². The summed E-state index contributed by atoms with van der Waals surface area (Å²) in [5.74, 6) is 2.28. The Labute approximate surface area is 147 Å². The van der Waals surface area contributed by atoms with Gasteiger partial charge in [0, 0.05) is 12.1 Å². The highest BCUT2D eigenvalue weighted by molar-refractivity contribution is 6.83. The lowest BCUT2D eigenvalue weighted by Crippen LogP contribution is -2.31. The highest BCUT2D eigenvalue weighted by Crippen LogP contribution is 2.36. The van der Waals surface area contributed by atoms with Gasteiger partial charge in [0.05, 0.1) is 15.9 Å². The van der Waals surface area contributed by atoms with E-state index in [-0.39, 0.29) is 17.0 Å². The molecule has 1 aliphatic carbocycles. The second kappa shape index (κ2) is 6.80. The van der Waals surface area contributed by atoms with Gasteiger partial charge in [-0.15, -0.1) is 5.54 Å². The molecule has 0 aliphatic heterocycles. The molecule has 0 unspecified atom stereocenters. The maximum Gasteiger partial charge on any atom is 0.338 e. The highest BCUT2D eigenvalue weighted by atomic mass is 28.3. The average molecular weight is 359 g/mol. The maximum atomic E-state index is 12.6. The van der Waals surface area contributed by atoms with Crippen LogP contribution in [0, 0.1) is 27.0 Å². The van der Waals surface area contributed by atoms with Crippen LogP contribution in [-0.2, 0) is 9.53 Å². The van der Waals surface area contributed by atoms with E-state index in [2.05, 4.69) is 31.1 Å². The number of hydrogen-bond acceptors (Lipinski definition) is 5. The summed E-state index contributed by atoms with van der Waals surface area (Å²) in [7, 11) is -1.60. The molecule has 1 aliphatic rings. The number of ether oxygens (including phenoxy) is 1. The van der Waals surface area contributed by atoms with Gasteiger partial charge in [-0.25, -0.2) is 4.79 Å². The predicted molar refractivity (Wildman–Crippen MR) is 95.8 cm³/mol. The van der Waals surface area contributed by atoms with Gasteiger partial charge in [-0.05, 0) is 31.9 Å². The summed E-state index contributed by atoms with van der Waals surface area (Å²) in [5.41, 5.74) is 2.52. The molecule has 1 saturated carbocycles.